The van der Waals surface area contributed by atoms with Crippen LogP contribution in [0.3, 0.4) is 0 Å². The molecule has 2 rings (SSSR count). The van der Waals surface area contributed by atoms with Gasteiger partial charge in [-0.1, -0.05) is 12.1 Å². The van der Waals surface area contributed by atoms with Crippen LogP contribution in [0.4, 0.5) is 4.79 Å². The normalized spacial score (nSPS) is 21.2. The number of benzene rings is 1. The van der Waals surface area contributed by atoms with E-state index < -0.39 is 34.1 Å². The summed E-state index contributed by atoms with van der Waals surface area (Å²) < 4.78 is 33.2. The lowest BCUT2D eigenvalue weighted by molar-refractivity contribution is 0.00578. The Morgan fingerprint density at radius 2 is 1.83 bits per heavy atom. The highest BCUT2D eigenvalue weighted by Crippen LogP contribution is 2.36. The quantitative estimate of drug-likeness (QED) is 0.781. The van der Waals surface area contributed by atoms with E-state index in [0.29, 0.717) is 4.90 Å². The summed E-state index contributed by atoms with van der Waals surface area (Å²) in [5.41, 5.74) is -0.187. The lowest BCUT2D eigenvalue weighted by Gasteiger charge is -2.32. The van der Waals surface area contributed by atoms with E-state index in [0.717, 1.165) is 5.46 Å². The monoisotopic (exact) mass is 353 g/mol. The molecule has 0 N–H and O–H groups in total. The minimum absolute atomic E-state index is 0.186. The Bertz CT molecular complexity index is 737. The smallest absolute Gasteiger partial charge is 0.448 e. The van der Waals surface area contributed by atoms with Crippen LogP contribution in [-0.4, -0.2) is 41.5 Å². The highest BCUT2D eigenvalue weighted by molar-refractivity contribution is 7.93. The van der Waals surface area contributed by atoms with Crippen molar-refractivity contribution in [3.63, 3.8) is 0 Å². The van der Waals surface area contributed by atoms with Gasteiger partial charge in [-0.3, -0.25) is 0 Å². The Morgan fingerprint density at radius 3 is 2.38 bits per heavy atom. The second-order valence-corrected chi connectivity index (χ2v) is 9.01. The van der Waals surface area contributed by atoms with E-state index in [9.17, 15) is 9.00 Å². The molecule has 0 bridgehead atoms. The Kier molecular flexibility index (Phi) is 5.13. The molecular weight excluding hydrogens is 329 g/mol. The number of nitrogens with zero attached hydrogens (tertiary/aromatic N) is 1. The molecule has 1 aliphatic rings. The molecule has 24 heavy (non-hydrogen) atoms. The summed E-state index contributed by atoms with van der Waals surface area (Å²) in [6, 6.07) is 6.96. The standard InChI is InChI=1S/C16H24BNO5S/c1-7-21-14(19)18-24(6,20)13-10-8-9-12(11-13)17-22-15(2,3)16(4,5)23-17/h8-11H,7H2,1-6H3. The van der Waals surface area contributed by atoms with Crippen LogP contribution in [0.2, 0.25) is 0 Å². The van der Waals surface area contributed by atoms with E-state index in [1.54, 1.807) is 25.1 Å². The Morgan fingerprint density at radius 1 is 1.25 bits per heavy atom. The van der Waals surface area contributed by atoms with Gasteiger partial charge in [0.15, 0.2) is 0 Å². The van der Waals surface area contributed by atoms with Gasteiger partial charge < -0.3 is 14.0 Å². The van der Waals surface area contributed by atoms with Crippen molar-refractivity contribution < 1.29 is 23.0 Å². The highest BCUT2D eigenvalue weighted by atomic mass is 32.2. The third kappa shape index (κ3) is 3.82. The average Bonchev–Trinajstić information content (AvgIpc) is 2.67. The molecule has 6 nitrogen and oxygen atoms in total. The maximum atomic E-state index is 12.7. The Labute approximate surface area is 144 Å². The summed E-state index contributed by atoms with van der Waals surface area (Å²) in [5.74, 6) is 0. The maximum Gasteiger partial charge on any atom is 0.494 e. The van der Waals surface area contributed by atoms with Gasteiger partial charge in [-0.25, -0.2) is 9.00 Å². The molecule has 1 aliphatic heterocycles. The van der Waals surface area contributed by atoms with Gasteiger partial charge in [-0.15, -0.1) is 4.36 Å². The molecule has 0 radical (unpaired) electrons. The summed E-state index contributed by atoms with van der Waals surface area (Å²) in [6.07, 6.45) is 0.582. The Balaban J connectivity index is 2.34. The lowest BCUT2D eigenvalue weighted by Crippen LogP contribution is -2.41. The number of hydrogen-bond acceptors (Lipinski definition) is 5. The van der Waals surface area contributed by atoms with Crippen molar-refractivity contribution in [1.29, 1.82) is 0 Å². The Hall–Kier alpha value is -1.38. The number of carbonyl (C=O) groups excluding carboxylic acids is 1. The molecule has 1 saturated heterocycles. The lowest BCUT2D eigenvalue weighted by atomic mass is 9.79. The SMILES string of the molecule is CCOC(=O)N=S(C)(=O)c1cccc(B2OC(C)(C)C(C)(C)O2)c1. The van der Waals surface area contributed by atoms with Crippen LogP contribution in [0.25, 0.3) is 0 Å². The van der Waals surface area contributed by atoms with Crippen molar-refractivity contribution in [2.45, 2.75) is 50.7 Å². The minimum atomic E-state index is -2.90. The van der Waals surface area contributed by atoms with Gasteiger partial charge in [0.25, 0.3) is 0 Å². The maximum absolute atomic E-state index is 12.7. The van der Waals surface area contributed by atoms with Crippen molar-refractivity contribution in [3.8, 4) is 0 Å². The molecule has 1 aromatic rings. The third-order valence-corrected chi connectivity index (χ3v) is 5.96. The molecule has 1 amide bonds. The van der Waals surface area contributed by atoms with Crippen LogP contribution in [0.15, 0.2) is 33.5 Å². The predicted octanol–water partition coefficient (Wildman–Crippen LogP) is 2.60. The van der Waals surface area contributed by atoms with Crippen molar-refractivity contribution in [1.82, 2.24) is 0 Å². The first-order valence-electron chi connectivity index (χ1n) is 7.83. The number of carbonyl (C=O) groups is 1. The minimum Gasteiger partial charge on any atom is -0.448 e. The fourth-order valence-corrected chi connectivity index (χ4v) is 3.35. The topological polar surface area (TPSA) is 74.2 Å². The number of rotatable bonds is 3. The van der Waals surface area contributed by atoms with E-state index >= 15 is 0 Å². The van der Waals surface area contributed by atoms with Crippen LogP contribution in [-0.2, 0) is 23.8 Å². The van der Waals surface area contributed by atoms with E-state index in [1.807, 2.05) is 33.8 Å². The van der Waals surface area contributed by atoms with Crippen molar-refractivity contribution in [2.24, 2.45) is 4.36 Å². The zero-order valence-corrected chi connectivity index (χ0v) is 15.8. The number of amides is 1. The summed E-state index contributed by atoms with van der Waals surface area (Å²) in [4.78, 5) is 12.0. The first kappa shape index (κ1) is 19.0. The molecule has 132 valence electrons. The largest absolute Gasteiger partial charge is 0.494 e. The molecule has 0 aromatic heterocycles. The highest BCUT2D eigenvalue weighted by Gasteiger charge is 2.51. The fourth-order valence-electron chi connectivity index (χ4n) is 2.22. The summed E-state index contributed by atoms with van der Waals surface area (Å²) in [7, 11) is -3.46. The molecule has 1 unspecified atom stereocenters. The molecule has 0 aliphatic carbocycles. The summed E-state index contributed by atoms with van der Waals surface area (Å²) in [6.45, 7) is 9.73. The van der Waals surface area contributed by atoms with Crippen LogP contribution < -0.4 is 5.46 Å². The molecule has 8 heteroatoms. The van der Waals surface area contributed by atoms with Gasteiger partial charge in [0.2, 0.25) is 0 Å². The first-order chi connectivity index (χ1) is 11.0. The van der Waals surface area contributed by atoms with Gasteiger partial charge in [-0.2, -0.15) is 0 Å². The van der Waals surface area contributed by atoms with Crippen molar-refractivity contribution in [2.75, 3.05) is 12.9 Å². The predicted molar refractivity (Wildman–Crippen MR) is 93.9 cm³/mol. The molecule has 1 atom stereocenters. The van der Waals surface area contributed by atoms with Crippen molar-refractivity contribution in [3.05, 3.63) is 24.3 Å². The van der Waals surface area contributed by atoms with Gasteiger partial charge in [-0.05, 0) is 52.2 Å². The molecule has 0 spiro atoms. The van der Waals surface area contributed by atoms with E-state index in [1.165, 1.54) is 6.26 Å². The van der Waals surface area contributed by atoms with Gasteiger partial charge in [0.1, 0.15) is 0 Å². The molecule has 1 aromatic carbocycles. The molecule has 1 fully saturated rings. The van der Waals surface area contributed by atoms with E-state index in [-0.39, 0.29) is 6.61 Å². The first-order valence-corrected chi connectivity index (χ1v) is 9.75. The van der Waals surface area contributed by atoms with Gasteiger partial charge in [0.05, 0.1) is 27.5 Å². The summed E-state index contributed by atoms with van der Waals surface area (Å²) in [5, 5.41) is 0. The summed E-state index contributed by atoms with van der Waals surface area (Å²) >= 11 is 0. The van der Waals surface area contributed by atoms with Crippen LogP contribution in [0, 0.1) is 0 Å². The second-order valence-electron chi connectivity index (χ2n) is 6.75. The zero-order valence-electron chi connectivity index (χ0n) is 15.0. The number of ether oxygens (including phenoxy) is 1. The van der Waals surface area contributed by atoms with Gasteiger partial charge in [0, 0.05) is 11.2 Å². The van der Waals surface area contributed by atoms with Crippen LogP contribution in [0.1, 0.15) is 34.6 Å². The second kappa shape index (κ2) is 6.50. The number of hydrogen-bond donors (Lipinski definition) is 0. The average molecular weight is 353 g/mol. The van der Waals surface area contributed by atoms with Crippen LogP contribution in [0.5, 0.6) is 0 Å². The third-order valence-electron chi connectivity index (χ3n) is 4.34. The van der Waals surface area contributed by atoms with Crippen molar-refractivity contribution >= 4 is 28.4 Å². The van der Waals surface area contributed by atoms with Crippen LogP contribution >= 0.6 is 0 Å². The fraction of sp³-hybridized carbons (Fsp3) is 0.562. The van der Waals surface area contributed by atoms with E-state index in [4.69, 9.17) is 14.0 Å². The molecule has 1 heterocycles. The molecule has 0 saturated carbocycles. The zero-order chi connectivity index (χ0) is 18.2. The molecular formula is C16H24BNO5S. The van der Waals surface area contributed by atoms with E-state index in [2.05, 4.69) is 4.36 Å². The van der Waals surface area contributed by atoms with Gasteiger partial charge >= 0.3 is 13.2 Å².